The van der Waals surface area contributed by atoms with Gasteiger partial charge in [-0.15, -0.1) is 12.4 Å². The van der Waals surface area contributed by atoms with Gasteiger partial charge in [0.1, 0.15) is 0 Å². The van der Waals surface area contributed by atoms with E-state index in [-0.39, 0.29) is 18.3 Å². The van der Waals surface area contributed by atoms with Crippen molar-refractivity contribution in [2.24, 2.45) is 23.5 Å². The molecule has 3 atom stereocenters. The molecule has 3 fully saturated rings. The lowest BCUT2D eigenvalue weighted by molar-refractivity contribution is -0.138. The summed E-state index contributed by atoms with van der Waals surface area (Å²) in [7, 11) is 0. The third-order valence-corrected chi connectivity index (χ3v) is 6.06. The Morgan fingerprint density at radius 1 is 0.952 bits per heavy atom. The highest BCUT2D eigenvalue weighted by molar-refractivity contribution is 5.85. The van der Waals surface area contributed by atoms with Gasteiger partial charge < -0.3 is 10.6 Å². The fourth-order valence-corrected chi connectivity index (χ4v) is 4.93. The first-order valence-electron chi connectivity index (χ1n) is 8.82. The molecule has 3 nitrogen and oxygen atoms in total. The molecule has 1 heterocycles. The molecule has 4 heteroatoms. The summed E-state index contributed by atoms with van der Waals surface area (Å²) < 4.78 is 0. The van der Waals surface area contributed by atoms with Crippen molar-refractivity contribution in [3.8, 4) is 0 Å². The molecule has 1 aliphatic heterocycles. The summed E-state index contributed by atoms with van der Waals surface area (Å²) in [4.78, 5) is 15.2. The van der Waals surface area contributed by atoms with E-state index in [1.807, 2.05) is 0 Å². The highest BCUT2D eigenvalue weighted by atomic mass is 35.5. The summed E-state index contributed by atoms with van der Waals surface area (Å²) in [5.74, 6) is 1.93. The van der Waals surface area contributed by atoms with Crippen LogP contribution in [0, 0.1) is 17.8 Å². The first kappa shape index (κ1) is 17.1. The van der Waals surface area contributed by atoms with Gasteiger partial charge in [0, 0.05) is 18.5 Å². The number of carbonyl (C=O) groups is 1. The molecule has 0 aromatic rings. The molecule has 2 saturated carbocycles. The number of likely N-dealkylation sites (tertiary alicyclic amines) is 1. The monoisotopic (exact) mass is 314 g/mol. The fraction of sp³-hybridized carbons (Fsp3) is 0.941. The highest BCUT2D eigenvalue weighted by Crippen LogP contribution is 2.38. The molecule has 122 valence electrons. The maximum Gasteiger partial charge on any atom is 0.226 e. The van der Waals surface area contributed by atoms with E-state index in [0.717, 1.165) is 25.3 Å². The van der Waals surface area contributed by atoms with Gasteiger partial charge in [-0.3, -0.25) is 4.79 Å². The van der Waals surface area contributed by atoms with Crippen LogP contribution < -0.4 is 5.73 Å². The number of carbonyl (C=O) groups excluding carboxylic acids is 1. The SMILES string of the molecule is Cl.NC[C@H]1CCC[C@H]1C(=O)N1CCCC1C1CCCCC1. The Balaban J connectivity index is 0.00000161. The number of hydrogen-bond acceptors (Lipinski definition) is 2. The number of halogens is 1. The zero-order valence-electron chi connectivity index (χ0n) is 13.1. The van der Waals surface area contributed by atoms with Gasteiger partial charge in [-0.1, -0.05) is 25.7 Å². The average molecular weight is 315 g/mol. The van der Waals surface area contributed by atoms with E-state index < -0.39 is 0 Å². The number of rotatable bonds is 3. The van der Waals surface area contributed by atoms with E-state index in [1.54, 1.807) is 0 Å². The summed E-state index contributed by atoms with van der Waals surface area (Å²) in [5.41, 5.74) is 5.87. The lowest BCUT2D eigenvalue weighted by Crippen LogP contribution is -2.45. The van der Waals surface area contributed by atoms with Gasteiger partial charge in [-0.05, 0) is 56.9 Å². The van der Waals surface area contributed by atoms with Crippen molar-refractivity contribution >= 4 is 18.3 Å². The van der Waals surface area contributed by atoms with Gasteiger partial charge in [0.25, 0.3) is 0 Å². The largest absolute Gasteiger partial charge is 0.339 e. The Labute approximate surface area is 135 Å². The molecule has 3 aliphatic rings. The minimum atomic E-state index is 0. The summed E-state index contributed by atoms with van der Waals surface area (Å²) in [5, 5.41) is 0. The Morgan fingerprint density at radius 3 is 2.43 bits per heavy atom. The molecule has 2 aliphatic carbocycles. The average Bonchev–Trinajstić information content (AvgIpc) is 3.16. The van der Waals surface area contributed by atoms with Crippen molar-refractivity contribution in [3.63, 3.8) is 0 Å². The molecule has 2 N–H and O–H groups in total. The van der Waals surface area contributed by atoms with Crippen molar-refractivity contribution in [1.82, 2.24) is 4.90 Å². The number of hydrogen-bond donors (Lipinski definition) is 1. The highest BCUT2D eigenvalue weighted by Gasteiger charge is 2.41. The zero-order chi connectivity index (χ0) is 13.9. The van der Waals surface area contributed by atoms with Crippen molar-refractivity contribution in [2.45, 2.75) is 70.3 Å². The third-order valence-electron chi connectivity index (χ3n) is 6.06. The van der Waals surface area contributed by atoms with Crippen LogP contribution in [0.25, 0.3) is 0 Å². The van der Waals surface area contributed by atoms with Gasteiger partial charge in [-0.25, -0.2) is 0 Å². The Hall–Kier alpha value is -0.280. The molecule has 1 amide bonds. The number of amides is 1. The number of nitrogens with zero attached hydrogens (tertiary/aromatic N) is 1. The molecule has 0 radical (unpaired) electrons. The van der Waals surface area contributed by atoms with Crippen molar-refractivity contribution in [1.29, 1.82) is 0 Å². The van der Waals surface area contributed by atoms with Crippen molar-refractivity contribution < 1.29 is 4.79 Å². The lowest BCUT2D eigenvalue weighted by Gasteiger charge is -2.36. The molecular weight excluding hydrogens is 284 g/mol. The molecule has 1 saturated heterocycles. The first-order valence-corrected chi connectivity index (χ1v) is 8.82. The van der Waals surface area contributed by atoms with Crippen LogP contribution in [-0.4, -0.2) is 29.9 Å². The summed E-state index contributed by atoms with van der Waals surface area (Å²) in [6.45, 7) is 1.70. The van der Waals surface area contributed by atoms with Gasteiger partial charge >= 0.3 is 0 Å². The van der Waals surface area contributed by atoms with E-state index >= 15 is 0 Å². The van der Waals surface area contributed by atoms with E-state index in [4.69, 9.17) is 5.73 Å². The second-order valence-electron chi connectivity index (χ2n) is 7.17. The molecule has 1 unspecified atom stereocenters. The normalized spacial score (nSPS) is 34.0. The molecular formula is C17H31ClN2O. The first-order chi connectivity index (χ1) is 9.81. The topological polar surface area (TPSA) is 46.3 Å². The summed E-state index contributed by atoms with van der Waals surface area (Å²) in [6, 6.07) is 0.557. The molecule has 0 bridgehead atoms. The van der Waals surface area contributed by atoms with E-state index in [0.29, 0.717) is 24.4 Å². The van der Waals surface area contributed by atoms with Gasteiger partial charge in [0.2, 0.25) is 5.91 Å². The van der Waals surface area contributed by atoms with Crippen molar-refractivity contribution in [3.05, 3.63) is 0 Å². The van der Waals surface area contributed by atoms with E-state index in [2.05, 4.69) is 4.90 Å². The Kier molecular flexibility index (Phi) is 6.36. The Bertz CT molecular complexity index is 344. The standard InChI is InChI=1S/C17H30N2O.ClH/c18-12-14-8-4-9-15(14)17(20)19-11-5-10-16(19)13-6-2-1-3-7-13;/h13-16H,1-12,18H2;1H/t14-,15-,16?;/m1./s1. The molecule has 0 aromatic heterocycles. The fourth-order valence-electron chi connectivity index (χ4n) is 4.93. The summed E-state index contributed by atoms with van der Waals surface area (Å²) >= 11 is 0. The van der Waals surface area contributed by atoms with Crippen LogP contribution in [0.2, 0.25) is 0 Å². The molecule has 21 heavy (non-hydrogen) atoms. The zero-order valence-corrected chi connectivity index (χ0v) is 14.0. The maximum atomic E-state index is 12.9. The van der Waals surface area contributed by atoms with Crippen LogP contribution >= 0.6 is 12.4 Å². The minimum Gasteiger partial charge on any atom is -0.339 e. The van der Waals surface area contributed by atoms with Crippen LogP contribution in [-0.2, 0) is 4.79 Å². The number of nitrogens with two attached hydrogens (primary N) is 1. The molecule has 3 rings (SSSR count). The predicted molar refractivity (Wildman–Crippen MR) is 88.4 cm³/mol. The Morgan fingerprint density at radius 2 is 1.71 bits per heavy atom. The van der Waals surface area contributed by atoms with Crippen LogP contribution in [0.15, 0.2) is 0 Å². The van der Waals surface area contributed by atoms with Gasteiger partial charge in [0.05, 0.1) is 0 Å². The van der Waals surface area contributed by atoms with Gasteiger partial charge in [-0.2, -0.15) is 0 Å². The second kappa shape index (κ2) is 7.82. The maximum absolute atomic E-state index is 12.9. The third kappa shape index (κ3) is 3.56. The minimum absolute atomic E-state index is 0. The molecule has 0 aromatic carbocycles. The van der Waals surface area contributed by atoms with Crippen LogP contribution in [0.3, 0.4) is 0 Å². The smallest absolute Gasteiger partial charge is 0.226 e. The van der Waals surface area contributed by atoms with Crippen LogP contribution in [0.4, 0.5) is 0 Å². The second-order valence-corrected chi connectivity index (χ2v) is 7.17. The predicted octanol–water partition coefficient (Wildman–Crippen LogP) is 3.35. The van der Waals surface area contributed by atoms with E-state index in [1.165, 1.54) is 51.4 Å². The van der Waals surface area contributed by atoms with Crippen LogP contribution in [0.5, 0.6) is 0 Å². The van der Waals surface area contributed by atoms with Crippen LogP contribution in [0.1, 0.15) is 64.2 Å². The summed E-state index contributed by atoms with van der Waals surface area (Å²) in [6.07, 6.45) is 12.7. The molecule has 0 spiro atoms. The van der Waals surface area contributed by atoms with Gasteiger partial charge in [0.15, 0.2) is 0 Å². The van der Waals surface area contributed by atoms with E-state index in [9.17, 15) is 4.79 Å². The quantitative estimate of drug-likeness (QED) is 0.868. The van der Waals surface area contributed by atoms with Crippen molar-refractivity contribution in [2.75, 3.05) is 13.1 Å². The lowest BCUT2D eigenvalue weighted by atomic mass is 9.82.